The zero-order chi connectivity index (χ0) is 33.6. The number of aromatic nitrogens is 1. The number of nitrogens with one attached hydrogen (secondary N) is 2. The number of methoxy groups -OCH3 is 1. The number of benzene rings is 3. The van der Waals surface area contributed by atoms with E-state index in [0.29, 0.717) is 28.0 Å². The van der Waals surface area contributed by atoms with Gasteiger partial charge in [0.2, 0.25) is 0 Å². The third-order valence-electron chi connectivity index (χ3n) is 7.37. The molecule has 14 heteroatoms. The lowest BCUT2D eigenvalue weighted by Gasteiger charge is -2.17. The molecular weight excluding hydrogens is 627 g/mol. The minimum atomic E-state index is -3.92. The molecular formula is C32H30F3N3O7S. The van der Waals surface area contributed by atoms with Crippen LogP contribution in [-0.4, -0.2) is 57.0 Å². The smallest absolute Gasteiger partial charge is 0.440 e. The van der Waals surface area contributed by atoms with Gasteiger partial charge in [-0.1, -0.05) is 12.1 Å². The first-order valence-corrected chi connectivity index (χ1v) is 15.7. The maximum absolute atomic E-state index is 15.1. The topological polar surface area (TPSA) is 144 Å². The van der Waals surface area contributed by atoms with Crippen molar-refractivity contribution >= 4 is 21.2 Å². The highest BCUT2D eigenvalue weighted by molar-refractivity contribution is 7.90. The van der Waals surface area contributed by atoms with Gasteiger partial charge in [0.1, 0.15) is 11.5 Å². The van der Waals surface area contributed by atoms with Crippen molar-refractivity contribution in [2.45, 2.75) is 37.7 Å². The Morgan fingerprint density at radius 2 is 1.80 bits per heavy atom. The standard InChI is InChI=1S/C32H30F3N3O7S/c1-16(42-4)25(36)14-26(37-3)21-8-6-18(20-11-24(33)23(15-39)29(13-20)46(5,40)41)10-22(21)31-30(38-17(2)43-31)19-7-9-27-28(12-19)45-32(34,35)44-27/h6-14,16,36-37,39H,15H2,1-5H3/b26-14-,36-25?. The van der Waals surface area contributed by atoms with Gasteiger partial charge in [0.25, 0.3) is 0 Å². The highest BCUT2D eigenvalue weighted by Gasteiger charge is 2.43. The average Bonchev–Trinajstić information content (AvgIpc) is 3.55. The SMILES string of the molecule is CN/C(=C\C(=N)C(C)OC)c1ccc(-c2cc(F)c(CO)c(S(C)(=O)=O)c2)cc1-c1oc(C)nc1-c1ccc2c(c1)OC(F)(F)O2. The summed E-state index contributed by atoms with van der Waals surface area (Å²) in [4.78, 5) is 4.15. The highest BCUT2D eigenvalue weighted by Crippen LogP contribution is 2.45. The Bertz CT molecular complexity index is 1990. The number of alkyl halides is 2. The van der Waals surface area contributed by atoms with Gasteiger partial charge in [-0.2, -0.15) is 0 Å². The number of hydrogen-bond acceptors (Lipinski definition) is 10. The molecule has 3 aromatic carbocycles. The average molecular weight is 658 g/mol. The minimum Gasteiger partial charge on any atom is -0.440 e. The van der Waals surface area contributed by atoms with Crippen LogP contribution >= 0.6 is 0 Å². The summed E-state index contributed by atoms with van der Waals surface area (Å²) < 4.78 is 88.2. The van der Waals surface area contributed by atoms with Crippen molar-refractivity contribution in [2.75, 3.05) is 20.4 Å². The van der Waals surface area contributed by atoms with Gasteiger partial charge in [-0.15, -0.1) is 8.78 Å². The second-order valence-corrected chi connectivity index (χ2v) is 12.5. The van der Waals surface area contributed by atoms with Crippen LogP contribution in [0, 0.1) is 18.2 Å². The van der Waals surface area contributed by atoms with E-state index in [9.17, 15) is 22.3 Å². The van der Waals surface area contributed by atoms with Crippen LogP contribution in [0.2, 0.25) is 0 Å². The minimum absolute atomic E-state index is 0.145. The van der Waals surface area contributed by atoms with Crippen molar-refractivity contribution in [3.05, 3.63) is 77.4 Å². The normalized spacial score (nSPS) is 14.8. The van der Waals surface area contributed by atoms with E-state index >= 15 is 4.39 Å². The predicted octanol–water partition coefficient (Wildman–Crippen LogP) is 5.96. The fraction of sp³-hybridized carbons (Fsp3) is 0.250. The number of oxazole rings is 1. The number of rotatable bonds is 10. The summed E-state index contributed by atoms with van der Waals surface area (Å²) in [6.07, 6.45) is -1.88. The molecule has 1 aliphatic heterocycles. The summed E-state index contributed by atoms with van der Waals surface area (Å²) >= 11 is 0. The Morgan fingerprint density at radius 1 is 1.11 bits per heavy atom. The van der Waals surface area contributed by atoms with E-state index in [-0.39, 0.29) is 50.6 Å². The molecule has 3 N–H and O–H groups in total. The van der Waals surface area contributed by atoms with Crippen LogP contribution in [-0.2, 0) is 21.2 Å². The molecule has 0 fully saturated rings. The zero-order valence-electron chi connectivity index (χ0n) is 25.4. The summed E-state index contributed by atoms with van der Waals surface area (Å²) in [5, 5.41) is 21.2. The molecule has 0 saturated heterocycles. The third kappa shape index (κ3) is 6.36. The van der Waals surface area contributed by atoms with Gasteiger partial charge < -0.3 is 34.5 Å². The maximum atomic E-state index is 15.1. The quantitative estimate of drug-likeness (QED) is 0.176. The van der Waals surface area contributed by atoms with E-state index in [1.165, 1.54) is 31.4 Å². The monoisotopic (exact) mass is 657 g/mol. The summed E-state index contributed by atoms with van der Waals surface area (Å²) in [7, 11) is -0.794. The Hall–Kier alpha value is -4.66. The van der Waals surface area contributed by atoms with Gasteiger partial charge >= 0.3 is 6.29 Å². The zero-order valence-corrected chi connectivity index (χ0v) is 26.2. The number of aliphatic hydroxyl groups is 1. The van der Waals surface area contributed by atoms with Gasteiger partial charge in [0.05, 0.1) is 23.3 Å². The molecule has 4 aromatic rings. The Morgan fingerprint density at radius 3 is 2.46 bits per heavy atom. The van der Waals surface area contributed by atoms with E-state index < -0.39 is 34.7 Å². The molecule has 1 atom stereocenters. The first kappa shape index (κ1) is 32.7. The van der Waals surface area contributed by atoms with E-state index in [4.69, 9.17) is 14.6 Å². The van der Waals surface area contributed by atoms with Crippen molar-refractivity contribution in [3.63, 3.8) is 0 Å². The number of nitrogens with zero attached hydrogens (tertiary/aromatic N) is 1. The van der Waals surface area contributed by atoms with Gasteiger partial charge in [-0.3, -0.25) is 0 Å². The van der Waals surface area contributed by atoms with E-state index in [0.717, 1.165) is 12.3 Å². The van der Waals surface area contributed by atoms with Gasteiger partial charge in [0, 0.05) is 55.3 Å². The number of ether oxygens (including phenoxy) is 3. The van der Waals surface area contributed by atoms with Crippen LogP contribution in [0.3, 0.4) is 0 Å². The van der Waals surface area contributed by atoms with Gasteiger partial charge in [-0.05, 0) is 60.5 Å². The summed E-state index contributed by atoms with van der Waals surface area (Å²) in [6, 6.07) is 11.5. The molecule has 5 rings (SSSR count). The first-order chi connectivity index (χ1) is 21.6. The van der Waals surface area contributed by atoms with E-state index in [1.54, 1.807) is 45.2 Å². The Labute approximate surface area is 262 Å². The molecule has 1 aliphatic rings. The number of halogens is 3. The molecule has 0 amide bonds. The van der Waals surface area contributed by atoms with Crippen LogP contribution in [0.4, 0.5) is 13.2 Å². The van der Waals surface area contributed by atoms with Gasteiger partial charge in [-0.25, -0.2) is 17.8 Å². The second-order valence-electron chi connectivity index (χ2n) is 10.5. The number of aryl methyl sites for hydroxylation is 1. The number of sulfone groups is 1. The lowest BCUT2D eigenvalue weighted by atomic mass is 9.93. The molecule has 2 heterocycles. The molecule has 0 radical (unpaired) electrons. The van der Waals surface area contributed by atoms with Crippen LogP contribution in [0.1, 0.15) is 23.9 Å². The second kappa shape index (κ2) is 12.3. The fourth-order valence-corrected chi connectivity index (χ4v) is 5.95. The van der Waals surface area contributed by atoms with Crippen LogP contribution < -0.4 is 14.8 Å². The van der Waals surface area contributed by atoms with Crippen LogP contribution in [0.25, 0.3) is 39.4 Å². The summed E-state index contributed by atoms with van der Waals surface area (Å²) in [5.41, 5.74) is 2.36. The van der Waals surface area contributed by atoms with Crippen molar-refractivity contribution in [1.82, 2.24) is 10.3 Å². The Kier molecular flexibility index (Phi) is 8.73. The molecule has 0 bridgehead atoms. The van der Waals surface area contributed by atoms with Gasteiger partial charge in [0.15, 0.2) is 33.0 Å². The van der Waals surface area contributed by atoms with Crippen LogP contribution in [0.15, 0.2) is 63.9 Å². The molecule has 0 aliphatic carbocycles. The molecule has 0 saturated carbocycles. The molecule has 46 heavy (non-hydrogen) atoms. The molecule has 0 spiro atoms. The van der Waals surface area contributed by atoms with E-state index in [1.807, 2.05) is 0 Å². The number of hydrogen-bond donors (Lipinski definition) is 3. The number of fused-ring (bicyclic) bond motifs is 1. The van der Waals surface area contributed by atoms with Crippen molar-refractivity contribution in [1.29, 1.82) is 5.41 Å². The molecule has 10 nitrogen and oxygen atoms in total. The van der Waals surface area contributed by atoms with E-state index in [2.05, 4.69) is 19.8 Å². The lowest BCUT2D eigenvalue weighted by molar-refractivity contribution is -0.286. The number of aliphatic hydroxyl groups excluding tert-OH is 1. The van der Waals surface area contributed by atoms with Crippen molar-refractivity contribution in [2.24, 2.45) is 0 Å². The van der Waals surface area contributed by atoms with Crippen LogP contribution in [0.5, 0.6) is 11.5 Å². The molecule has 1 aromatic heterocycles. The maximum Gasteiger partial charge on any atom is 0.586 e. The highest BCUT2D eigenvalue weighted by atomic mass is 32.2. The fourth-order valence-electron chi connectivity index (χ4n) is 4.99. The third-order valence-corrected chi connectivity index (χ3v) is 8.53. The predicted molar refractivity (Wildman–Crippen MR) is 164 cm³/mol. The molecule has 242 valence electrons. The van der Waals surface area contributed by atoms with Crippen molar-refractivity contribution in [3.8, 4) is 45.2 Å². The largest absolute Gasteiger partial charge is 0.586 e. The summed E-state index contributed by atoms with van der Waals surface area (Å²) in [6.45, 7) is 2.49. The molecule has 1 unspecified atom stereocenters. The lowest BCUT2D eigenvalue weighted by Crippen LogP contribution is -2.25. The summed E-state index contributed by atoms with van der Waals surface area (Å²) in [5.74, 6) is -0.827. The van der Waals surface area contributed by atoms with Crippen molar-refractivity contribution < 1.29 is 45.3 Å². The first-order valence-electron chi connectivity index (χ1n) is 13.8. The Balaban J connectivity index is 1.76.